The fraction of sp³-hybridized carbons (Fsp3) is 0.412. The zero-order chi connectivity index (χ0) is 33.3. The van der Waals surface area contributed by atoms with Crippen molar-refractivity contribution in [1.82, 2.24) is 14.7 Å². The van der Waals surface area contributed by atoms with E-state index < -0.39 is 27.6 Å². The van der Waals surface area contributed by atoms with Crippen LogP contribution in [0.25, 0.3) is 0 Å². The molecule has 1 atom stereocenters. The Bertz CT molecular complexity index is 1760. The van der Waals surface area contributed by atoms with E-state index in [-0.39, 0.29) is 44.8 Å². The molecule has 2 saturated heterocycles. The number of hydrogen-bond acceptors (Lipinski definition) is 9. The molecule has 0 saturated carbocycles. The van der Waals surface area contributed by atoms with Crippen LogP contribution in [0.15, 0.2) is 71.6 Å². The Balaban J connectivity index is 1.42. The number of rotatable bonds is 8. The maximum atomic E-state index is 15.0. The maximum Gasteiger partial charge on any atom is 0.411 e. The van der Waals surface area contributed by atoms with Crippen LogP contribution in [0, 0.1) is 0 Å². The third-order valence-electron chi connectivity index (χ3n) is 9.21. The number of hydrogen-bond donors (Lipinski definition) is 0. The smallest absolute Gasteiger partial charge is 0.411 e. The molecule has 0 aromatic heterocycles. The summed E-state index contributed by atoms with van der Waals surface area (Å²) in [7, 11) is -1.11. The highest BCUT2D eigenvalue weighted by atomic mass is 35.5. The number of amides is 2. The van der Waals surface area contributed by atoms with Crippen molar-refractivity contribution in [2.75, 3.05) is 64.3 Å². The van der Waals surface area contributed by atoms with Crippen LogP contribution in [-0.2, 0) is 25.2 Å². The molecular weight excluding hydrogens is 644 g/mol. The minimum atomic E-state index is -4.58. The van der Waals surface area contributed by atoms with Crippen molar-refractivity contribution >= 4 is 39.3 Å². The quantitative estimate of drug-likeness (QED) is 0.338. The number of benzene rings is 3. The summed E-state index contributed by atoms with van der Waals surface area (Å²) in [6.07, 6.45) is 0.779. The van der Waals surface area contributed by atoms with E-state index in [1.165, 1.54) is 37.4 Å². The number of anilines is 1. The molecule has 0 aliphatic carbocycles. The summed E-state index contributed by atoms with van der Waals surface area (Å²) in [5.41, 5.74) is -1.92. The Kier molecular flexibility index (Phi) is 9.39. The number of nitrogens with zero attached hydrogens (tertiary/aromatic N) is 4. The van der Waals surface area contributed by atoms with E-state index in [0.717, 1.165) is 39.0 Å². The van der Waals surface area contributed by atoms with Gasteiger partial charge in [0.05, 0.1) is 25.0 Å². The molecule has 1 unspecified atom stereocenters. The first-order valence-corrected chi connectivity index (χ1v) is 17.6. The molecule has 0 spiro atoms. The fourth-order valence-corrected chi connectivity index (χ4v) is 8.54. The zero-order valence-electron chi connectivity index (χ0n) is 26.7. The second-order valence-electron chi connectivity index (χ2n) is 11.9. The van der Waals surface area contributed by atoms with Gasteiger partial charge in [0.2, 0.25) is 5.60 Å². The van der Waals surface area contributed by atoms with Crippen LogP contribution in [0.2, 0.25) is 5.02 Å². The van der Waals surface area contributed by atoms with Crippen LogP contribution in [0.1, 0.15) is 30.9 Å². The van der Waals surface area contributed by atoms with Crippen LogP contribution >= 0.6 is 11.6 Å². The van der Waals surface area contributed by atoms with E-state index in [9.17, 15) is 18.0 Å². The molecule has 0 N–H and O–H groups in total. The van der Waals surface area contributed by atoms with Gasteiger partial charge >= 0.3 is 6.09 Å². The van der Waals surface area contributed by atoms with Crippen molar-refractivity contribution in [2.24, 2.45) is 0 Å². The van der Waals surface area contributed by atoms with E-state index in [1.807, 2.05) is 0 Å². The number of ether oxygens (including phenoxy) is 3. The van der Waals surface area contributed by atoms with Gasteiger partial charge in [-0.15, -0.1) is 0 Å². The number of sulfonamides is 1. The lowest BCUT2D eigenvalue weighted by Crippen LogP contribution is -2.54. The van der Waals surface area contributed by atoms with Gasteiger partial charge in [-0.3, -0.25) is 9.69 Å². The number of carbonyl (C=O) groups is 2. The number of piperazine rings is 1. The van der Waals surface area contributed by atoms with Gasteiger partial charge in [0.15, 0.2) is 0 Å². The normalized spacial score (nSPS) is 21.1. The number of piperidine rings is 1. The van der Waals surface area contributed by atoms with Gasteiger partial charge in [-0.1, -0.05) is 41.9 Å². The minimum absolute atomic E-state index is 0.0122. The second-order valence-corrected chi connectivity index (χ2v) is 14.1. The van der Waals surface area contributed by atoms with Gasteiger partial charge in [0, 0.05) is 55.9 Å². The first kappa shape index (κ1) is 33.1. The molecule has 13 heteroatoms. The van der Waals surface area contributed by atoms with Crippen molar-refractivity contribution in [3.8, 4) is 11.5 Å². The number of carbonyl (C=O) groups excluding carboxylic acids is 2. The molecule has 3 aliphatic rings. The maximum absolute atomic E-state index is 15.0. The number of para-hydroxylation sites is 2. The Labute approximate surface area is 280 Å². The SMILES string of the molecule is CCOc1ccccc1C1(OC(=O)N2CCC(N3CCN(C)CC3)CC2)C(=O)N(S(=O)(=O)c2ccccc2OC)c2ccc(Cl)cc21. The number of likely N-dealkylation sites (N-methyl/N-ethyl adjacent to an activating group) is 1. The van der Waals surface area contributed by atoms with Gasteiger partial charge < -0.3 is 24.0 Å². The van der Waals surface area contributed by atoms with E-state index in [2.05, 4.69) is 16.8 Å². The van der Waals surface area contributed by atoms with E-state index >= 15 is 0 Å². The second kappa shape index (κ2) is 13.3. The van der Waals surface area contributed by atoms with Crippen LogP contribution in [0.5, 0.6) is 11.5 Å². The monoisotopic (exact) mass is 682 g/mol. The van der Waals surface area contributed by atoms with Gasteiger partial charge in [0.25, 0.3) is 15.9 Å². The molecular formula is C34H39ClN4O7S. The van der Waals surface area contributed by atoms with Crippen LogP contribution in [-0.4, -0.2) is 101 Å². The molecule has 2 fully saturated rings. The van der Waals surface area contributed by atoms with E-state index in [4.69, 9.17) is 25.8 Å². The zero-order valence-corrected chi connectivity index (χ0v) is 28.3. The predicted octanol–water partition coefficient (Wildman–Crippen LogP) is 4.57. The molecule has 11 nitrogen and oxygen atoms in total. The fourth-order valence-electron chi connectivity index (χ4n) is 6.75. The Morgan fingerprint density at radius 1 is 0.915 bits per heavy atom. The molecule has 6 rings (SSSR count). The van der Waals surface area contributed by atoms with Gasteiger partial charge in [-0.2, -0.15) is 4.31 Å². The summed E-state index contributed by atoms with van der Waals surface area (Å²) in [5, 5.41) is 0.232. The Hall–Kier alpha value is -3.84. The van der Waals surface area contributed by atoms with Crippen molar-refractivity contribution < 1.29 is 32.2 Å². The lowest BCUT2D eigenvalue weighted by atomic mass is 9.86. The van der Waals surface area contributed by atoms with Crippen molar-refractivity contribution in [3.63, 3.8) is 0 Å². The molecule has 0 bridgehead atoms. The van der Waals surface area contributed by atoms with Crippen LogP contribution < -0.4 is 13.8 Å². The van der Waals surface area contributed by atoms with Crippen molar-refractivity contribution in [3.05, 3.63) is 82.9 Å². The number of methoxy groups -OCH3 is 1. The standard InChI is InChI=1S/C34H39ClN4O7S/c1-4-45-29-10-6-5-9-26(29)34(46-33(41)38-17-15-25(16-18-38)37-21-19-36(2)20-22-37)27-23-24(35)13-14-28(27)39(32(34)40)47(42,43)31-12-8-7-11-30(31)44-3/h5-14,23,25H,4,15-22H2,1-3H3. The summed E-state index contributed by atoms with van der Waals surface area (Å²) in [4.78, 5) is 35.3. The Morgan fingerprint density at radius 3 is 2.26 bits per heavy atom. The summed E-state index contributed by atoms with van der Waals surface area (Å²) >= 11 is 6.51. The predicted molar refractivity (Wildman–Crippen MR) is 178 cm³/mol. The highest BCUT2D eigenvalue weighted by Crippen LogP contribution is 2.52. The molecule has 3 aromatic rings. The van der Waals surface area contributed by atoms with Gasteiger partial charge in [0.1, 0.15) is 16.4 Å². The van der Waals surface area contributed by atoms with Crippen molar-refractivity contribution in [1.29, 1.82) is 0 Å². The van der Waals surface area contributed by atoms with Crippen LogP contribution in [0.4, 0.5) is 10.5 Å². The van der Waals surface area contributed by atoms with Crippen molar-refractivity contribution in [2.45, 2.75) is 36.3 Å². The summed E-state index contributed by atoms with van der Waals surface area (Å²) in [6, 6.07) is 17.5. The largest absolute Gasteiger partial charge is 0.495 e. The lowest BCUT2D eigenvalue weighted by Gasteiger charge is -2.42. The third kappa shape index (κ3) is 5.92. The highest BCUT2D eigenvalue weighted by Gasteiger charge is 2.61. The van der Waals surface area contributed by atoms with Crippen LogP contribution in [0.3, 0.4) is 0 Å². The Morgan fingerprint density at radius 2 is 1.57 bits per heavy atom. The van der Waals surface area contributed by atoms with E-state index in [0.29, 0.717) is 23.4 Å². The first-order chi connectivity index (χ1) is 22.6. The van der Waals surface area contributed by atoms with E-state index in [1.54, 1.807) is 48.2 Å². The number of fused-ring (bicyclic) bond motifs is 1. The summed E-state index contributed by atoms with van der Waals surface area (Å²) in [6.45, 7) is 6.86. The molecule has 3 aromatic carbocycles. The van der Waals surface area contributed by atoms with Gasteiger partial charge in [-0.25, -0.2) is 13.2 Å². The average molecular weight is 683 g/mol. The molecule has 250 valence electrons. The minimum Gasteiger partial charge on any atom is -0.495 e. The van der Waals surface area contributed by atoms with Gasteiger partial charge in [-0.05, 0) is 63.2 Å². The number of halogens is 1. The third-order valence-corrected chi connectivity index (χ3v) is 11.2. The molecule has 2 amide bonds. The highest BCUT2D eigenvalue weighted by molar-refractivity contribution is 7.93. The number of likely N-dealkylation sites (tertiary alicyclic amines) is 1. The summed E-state index contributed by atoms with van der Waals surface area (Å²) < 4.78 is 47.1. The molecule has 47 heavy (non-hydrogen) atoms. The average Bonchev–Trinajstić information content (AvgIpc) is 3.33. The first-order valence-electron chi connectivity index (χ1n) is 15.8. The summed E-state index contributed by atoms with van der Waals surface area (Å²) in [5.74, 6) is -0.663. The molecule has 3 heterocycles. The lowest BCUT2D eigenvalue weighted by molar-refractivity contribution is -0.132. The topological polar surface area (TPSA) is 109 Å². The molecule has 3 aliphatic heterocycles. The molecule has 0 radical (unpaired) electrons.